The Balaban J connectivity index is 2.30. The first kappa shape index (κ1) is 13.3. The van der Waals surface area contributed by atoms with Gasteiger partial charge in [0.2, 0.25) is 0 Å². The molecule has 0 bridgehead atoms. The van der Waals surface area contributed by atoms with Crippen LogP contribution in [0.15, 0.2) is 18.2 Å². The van der Waals surface area contributed by atoms with Crippen molar-refractivity contribution in [1.82, 2.24) is 0 Å². The predicted octanol–water partition coefficient (Wildman–Crippen LogP) is 2.81. The standard InChI is InChI=1S/C15H23FN2/c1-10-8-18(9-11(10)2)15-6-4-5-14(16)13(15)7-12(3)17/h4-6,10-12H,7-9,17H2,1-3H3. The molecule has 1 heterocycles. The molecular weight excluding hydrogens is 227 g/mol. The van der Waals surface area contributed by atoms with Gasteiger partial charge in [-0.05, 0) is 37.3 Å². The fourth-order valence-corrected chi connectivity index (χ4v) is 2.69. The summed E-state index contributed by atoms with van der Waals surface area (Å²) in [4.78, 5) is 2.30. The van der Waals surface area contributed by atoms with Crippen LogP contribution in [-0.2, 0) is 6.42 Å². The topological polar surface area (TPSA) is 29.3 Å². The lowest BCUT2D eigenvalue weighted by Crippen LogP contribution is -2.25. The van der Waals surface area contributed by atoms with Crippen LogP contribution < -0.4 is 10.6 Å². The van der Waals surface area contributed by atoms with Gasteiger partial charge < -0.3 is 10.6 Å². The fourth-order valence-electron chi connectivity index (χ4n) is 2.69. The molecule has 1 aliphatic heterocycles. The minimum Gasteiger partial charge on any atom is -0.371 e. The first-order valence-corrected chi connectivity index (χ1v) is 6.77. The Morgan fingerprint density at radius 3 is 2.50 bits per heavy atom. The molecule has 3 unspecified atom stereocenters. The maximum Gasteiger partial charge on any atom is 0.128 e. The molecule has 2 N–H and O–H groups in total. The molecule has 0 amide bonds. The maximum atomic E-state index is 14.0. The second-order valence-corrected chi connectivity index (χ2v) is 5.78. The van der Waals surface area contributed by atoms with Gasteiger partial charge in [-0.2, -0.15) is 0 Å². The van der Waals surface area contributed by atoms with E-state index in [9.17, 15) is 4.39 Å². The lowest BCUT2D eigenvalue weighted by atomic mass is 10.0. The average Bonchev–Trinajstić information content (AvgIpc) is 2.61. The van der Waals surface area contributed by atoms with E-state index in [2.05, 4.69) is 18.7 Å². The number of halogens is 1. The average molecular weight is 250 g/mol. The van der Waals surface area contributed by atoms with Crippen LogP contribution in [0, 0.1) is 17.7 Å². The van der Waals surface area contributed by atoms with Crippen molar-refractivity contribution >= 4 is 5.69 Å². The third kappa shape index (κ3) is 2.66. The third-order valence-electron chi connectivity index (χ3n) is 3.95. The van der Waals surface area contributed by atoms with E-state index in [0.29, 0.717) is 18.3 Å². The normalized spacial score (nSPS) is 25.5. The monoisotopic (exact) mass is 250 g/mol. The van der Waals surface area contributed by atoms with Crippen molar-refractivity contribution < 1.29 is 4.39 Å². The van der Waals surface area contributed by atoms with Gasteiger partial charge in [-0.15, -0.1) is 0 Å². The molecule has 0 aliphatic carbocycles. The number of hydrogen-bond acceptors (Lipinski definition) is 2. The van der Waals surface area contributed by atoms with E-state index in [1.54, 1.807) is 6.07 Å². The van der Waals surface area contributed by atoms with Crippen LogP contribution in [0.2, 0.25) is 0 Å². The van der Waals surface area contributed by atoms with Crippen LogP contribution >= 0.6 is 0 Å². The predicted molar refractivity (Wildman–Crippen MR) is 74.3 cm³/mol. The fraction of sp³-hybridized carbons (Fsp3) is 0.600. The number of nitrogens with zero attached hydrogens (tertiary/aromatic N) is 1. The number of rotatable bonds is 3. The highest BCUT2D eigenvalue weighted by Crippen LogP contribution is 2.31. The summed E-state index contributed by atoms with van der Waals surface area (Å²) in [5, 5.41) is 0. The van der Waals surface area contributed by atoms with Crippen molar-refractivity contribution in [3.63, 3.8) is 0 Å². The number of anilines is 1. The Kier molecular flexibility index (Phi) is 3.91. The van der Waals surface area contributed by atoms with E-state index >= 15 is 0 Å². The molecule has 1 aromatic rings. The van der Waals surface area contributed by atoms with Crippen LogP contribution in [0.1, 0.15) is 26.3 Å². The third-order valence-corrected chi connectivity index (χ3v) is 3.95. The Morgan fingerprint density at radius 2 is 1.94 bits per heavy atom. The summed E-state index contributed by atoms with van der Waals surface area (Å²) < 4.78 is 14.0. The second kappa shape index (κ2) is 5.27. The van der Waals surface area contributed by atoms with Crippen molar-refractivity contribution in [3.8, 4) is 0 Å². The highest BCUT2D eigenvalue weighted by atomic mass is 19.1. The second-order valence-electron chi connectivity index (χ2n) is 5.78. The van der Waals surface area contributed by atoms with Gasteiger partial charge in [-0.3, -0.25) is 0 Å². The molecule has 1 saturated heterocycles. The minimum atomic E-state index is -0.128. The van der Waals surface area contributed by atoms with Crippen LogP contribution in [0.25, 0.3) is 0 Å². The Morgan fingerprint density at radius 1 is 1.33 bits per heavy atom. The zero-order valence-electron chi connectivity index (χ0n) is 11.5. The van der Waals surface area contributed by atoms with Gasteiger partial charge in [-0.1, -0.05) is 19.9 Å². The molecular formula is C15H23FN2. The van der Waals surface area contributed by atoms with Crippen LogP contribution in [0.4, 0.5) is 10.1 Å². The minimum absolute atomic E-state index is 0.0156. The van der Waals surface area contributed by atoms with Crippen molar-refractivity contribution in [2.45, 2.75) is 33.2 Å². The highest BCUT2D eigenvalue weighted by molar-refractivity contribution is 5.55. The van der Waals surface area contributed by atoms with Crippen LogP contribution in [0.5, 0.6) is 0 Å². The van der Waals surface area contributed by atoms with Gasteiger partial charge in [0.25, 0.3) is 0 Å². The molecule has 1 fully saturated rings. The largest absolute Gasteiger partial charge is 0.371 e. The number of hydrogen-bond donors (Lipinski definition) is 1. The summed E-state index contributed by atoms with van der Waals surface area (Å²) in [5.41, 5.74) is 7.63. The molecule has 100 valence electrons. The summed E-state index contributed by atoms with van der Waals surface area (Å²) in [7, 11) is 0. The van der Waals surface area contributed by atoms with Gasteiger partial charge >= 0.3 is 0 Å². The van der Waals surface area contributed by atoms with Gasteiger partial charge in [0.05, 0.1) is 0 Å². The maximum absolute atomic E-state index is 14.0. The zero-order valence-corrected chi connectivity index (χ0v) is 11.5. The van der Waals surface area contributed by atoms with E-state index < -0.39 is 0 Å². The summed E-state index contributed by atoms with van der Waals surface area (Å²) in [5.74, 6) is 1.20. The van der Waals surface area contributed by atoms with Gasteiger partial charge in [0.1, 0.15) is 5.82 Å². The van der Waals surface area contributed by atoms with Crippen molar-refractivity contribution in [2.24, 2.45) is 17.6 Å². The summed E-state index contributed by atoms with van der Waals surface area (Å²) in [6.07, 6.45) is 0.598. The first-order chi connectivity index (χ1) is 8.49. The van der Waals surface area contributed by atoms with Crippen LogP contribution in [0.3, 0.4) is 0 Å². The zero-order chi connectivity index (χ0) is 13.3. The molecule has 0 radical (unpaired) electrons. The lowest BCUT2D eigenvalue weighted by Gasteiger charge is -2.23. The molecule has 2 nitrogen and oxygen atoms in total. The SMILES string of the molecule is CC(N)Cc1c(F)cccc1N1CC(C)C(C)C1. The molecule has 0 saturated carbocycles. The van der Waals surface area contributed by atoms with E-state index in [1.807, 2.05) is 13.0 Å². The van der Waals surface area contributed by atoms with Gasteiger partial charge in [-0.25, -0.2) is 4.39 Å². The van der Waals surface area contributed by atoms with E-state index in [1.165, 1.54) is 6.07 Å². The van der Waals surface area contributed by atoms with Crippen molar-refractivity contribution in [2.75, 3.05) is 18.0 Å². The molecule has 0 spiro atoms. The van der Waals surface area contributed by atoms with E-state index in [4.69, 9.17) is 5.73 Å². The van der Waals surface area contributed by atoms with Gasteiger partial charge in [0, 0.05) is 30.4 Å². The summed E-state index contributed by atoms with van der Waals surface area (Å²) in [6, 6.07) is 5.33. The van der Waals surface area contributed by atoms with Crippen molar-refractivity contribution in [3.05, 3.63) is 29.6 Å². The molecule has 1 aromatic carbocycles. The smallest absolute Gasteiger partial charge is 0.128 e. The summed E-state index contributed by atoms with van der Waals surface area (Å²) >= 11 is 0. The van der Waals surface area contributed by atoms with Crippen molar-refractivity contribution in [1.29, 1.82) is 0 Å². The lowest BCUT2D eigenvalue weighted by molar-refractivity contribution is 0.494. The molecule has 1 aliphatic rings. The molecule has 3 heteroatoms. The molecule has 0 aromatic heterocycles. The van der Waals surface area contributed by atoms with Crippen LogP contribution in [-0.4, -0.2) is 19.1 Å². The number of benzene rings is 1. The quantitative estimate of drug-likeness (QED) is 0.894. The van der Waals surface area contributed by atoms with Gasteiger partial charge in [0.15, 0.2) is 0 Å². The van der Waals surface area contributed by atoms with E-state index in [0.717, 1.165) is 24.3 Å². The Bertz CT molecular complexity index is 407. The number of nitrogens with two attached hydrogens (primary N) is 1. The highest BCUT2D eigenvalue weighted by Gasteiger charge is 2.28. The Labute approximate surface area is 109 Å². The summed E-state index contributed by atoms with van der Waals surface area (Å²) in [6.45, 7) is 8.46. The molecule has 3 atom stereocenters. The molecule has 2 rings (SSSR count). The first-order valence-electron chi connectivity index (χ1n) is 6.77. The van der Waals surface area contributed by atoms with E-state index in [-0.39, 0.29) is 11.9 Å². The Hall–Kier alpha value is -1.09. The molecule has 18 heavy (non-hydrogen) atoms.